The molecule has 0 radical (unpaired) electrons. The van der Waals surface area contributed by atoms with Gasteiger partial charge in [-0.05, 0) is 130 Å². The van der Waals surface area contributed by atoms with Crippen LogP contribution in [0.4, 0.5) is 65.9 Å². The Morgan fingerprint density at radius 2 is 0.625 bits per heavy atom. The highest BCUT2D eigenvalue weighted by Crippen LogP contribution is 2.45. The van der Waals surface area contributed by atoms with E-state index in [2.05, 4.69) is 6.07 Å². The molecule has 0 saturated carbocycles. The molecular formula is C54H26F15N3. The maximum Gasteiger partial charge on any atom is 0.416 e. The molecule has 0 spiro atoms. The Kier molecular flexibility index (Phi) is 10.8. The zero-order chi connectivity index (χ0) is 51.4. The van der Waals surface area contributed by atoms with Crippen LogP contribution in [0.3, 0.4) is 0 Å². The second kappa shape index (κ2) is 16.4. The summed E-state index contributed by atoms with van der Waals surface area (Å²) >= 11 is 0. The zero-order valence-corrected chi connectivity index (χ0v) is 36.0. The standard InChI is InChI=1S/C54H26F15N3/c55-50(56,57)34-7-5-6-28(16-34)33-23-48(71-44-10-3-1-8-39(44)41-21-29(12-14-46(41)71)31-17-35(51(58,59)60)25-36(18-31)52(61,62)63)43(27-70)49(24-33)72-45-11-4-2-9-40(45)42-22-30(13-15-47(42)72)32-19-37(53(64,65)66)26-38(20-32)54(67,68)69/h1-26H. The maximum absolute atomic E-state index is 14.3. The van der Waals surface area contributed by atoms with E-state index in [9.17, 15) is 71.1 Å². The van der Waals surface area contributed by atoms with E-state index in [0.717, 1.165) is 12.1 Å². The van der Waals surface area contributed by atoms with Crippen molar-refractivity contribution in [3.05, 3.63) is 191 Å². The van der Waals surface area contributed by atoms with Crippen molar-refractivity contribution in [2.24, 2.45) is 0 Å². The first-order valence-corrected chi connectivity index (χ1v) is 21.2. The van der Waals surface area contributed by atoms with Crippen LogP contribution in [0.5, 0.6) is 0 Å². The number of hydrogen-bond acceptors (Lipinski definition) is 1. The smallest absolute Gasteiger partial charge is 0.308 e. The zero-order valence-electron chi connectivity index (χ0n) is 36.0. The molecular weight excluding hydrogens is 976 g/mol. The molecule has 2 heterocycles. The van der Waals surface area contributed by atoms with Gasteiger partial charge in [-0.3, -0.25) is 0 Å². The molecule has 0 fully saturated rings. The molecule has 0 N–H and O–H groups in total. The average molecular weight is 1000 g/mol. The number of halogens is 15. The van der Waals surface area contributed by atoms with Crippen molar-refractivity contribution in [3.63, 3.8) is 0 Å². The number of para-hydroxylation sites is 2. The van der Waals surface area contributed by atoms with E-state index in [1.807, 2.05) is 0 Å². The summed E-state index contributed by atoms with van der Waals surface area (Å²) in [4.78, 5) is 0. The summed E-state index contributed by atoms with van der Waals surface area (Å²) in [5.41, 5.74) is -6.64. The highest BCUT2D eigenvalue weighted by molar-refractivity contribution is 6.12. The van der Waals surface area contributed by atoms with Crippen molar-refractivity contribution in [2.45, 2.75) is 30.9 Å². The topological polar surface area (TPSA) is 33.6 Å². The summed E-state index contributed by atoms with van der Waals surface area (Å²) in [6, 6.07) is 33.0. The predicted octanol–water partition coefficient (Wildman–Crippen LogP) is 17.8. The first-order chi connectivity index (χ1) is 33.8. The Hall–Kier alpha value is -8.20. The summed E-state index contributed by atoms with van der Waals surface area (Å²) in [5.74, 6) is 0. The number of alkyl halides is 15. The number of nitriles is 1. The summed E-state index contributed by atoms with van der Waals surface area (Å²) in [7, 11) is 0. The fraction of sp³-hybridized carbons (Fsp3) is 0.0926. The van der Waals surface area contributed by atoms with Crippen LogP contribution >= 0.6 is 0 Å². The van der Waals surface area contributed by atoms with Gasteiger partial charge in [0.25, 0.3) is 0 Å². The first-order valence-electron chi connectivity index (χ1n) is 21.2. The molecule has 362 valence electrons. The van der Waals surface area contributed by atoms with Crippen LogP contribution in [0, 0.1) is 11.3 Å². The highest BCUT2D eigenvalue weighted by atomic mass is 19.4. The van der Waals surface area contributed by atoms with Crippen molar-refractivity contribution < 1.29 is 65.9 Å². The van der Waals surface area contributed by atoms with Gasteiger partial charge in [-0.2, -0.15) is 71.1 Å². The molecule has 0 aliphatic heterocycles. The lowest BCUT2D eigenvalue weighted by atomic mass is 9.97. The van der Waals surface area contributed by atoms with Crippen LogP contribution < -0.4 is 0 Å². The van der Waals surface area contributed by atoms with Crippen LogP contribution in [0.15, 0.2) is 158 Å². The largest absolute Gasteiger partial charge is 0.416 e. The van der Waals surface area contributed by atoms with Gasteiger partial charge in [0, 0.05) is 21.5 Å². The van der Waals surface area contributed by atoms with Crippen LogP contribution in [0.1, 0.15) is 33.4 Å². The van der Waals surface area contributed by atoms with Crippen molar-refractivity contribution in [1.29, 1.82) is 5.26 Å². The van der Waals surface area contributed by atoms with Crippen molar-refractivity contribution in [2.75, 3.05) is 0 Å². The minimum Gasteiger partial charge on any atom is -0.308 e. The third kappa shape index (κ3) is 8.31. The summed E-state index contributed by atoms with van der Waals surface area (Å²) in [6.07, 6.45) is -25.4. The number of nitrogens with zero attached hydrogens (tertiary/aromatic N) is 3. The third-order valence-electron chi connectivity index (χ3n) is 12.4. The summed E-state index contributed by atoms with van der Waals surface area (Å²) < 4.78 is 214. The molecule has 18 heteroatoms. The number of aromatic nitrogens is 2. The molecule has 0 unspecified atom stereocenters. The maximum atomic E-state index is 14.3. The lowest BCUT2D eigenvalue weighted by molar-refractivity contribution is -0.144. The Morgan fingerprint density at radius 3 is 1.00 bits per heavy atom. The van der Waals surface area contributed by atoms with Gasteiger partial charge < -0.3 is 9.13 Å². The lowest BCUT2D eigenvalue weighted by Gasteiger charge is -2.19. The van der Waals surface area contributed by atoms with Gasteiger partial charge in [0.05, 0.1) is 61.3 Å². The molecule has 10 rings (SSSR count). The predicted molar refractivity (Wildman–Crippen MR) is 241 cm³/mol. The minimum absolute atomic E-state index is 0.00575. The molecule has 0 atom stereocenters. The lowest BCUT2D eigenvalue weighted by Crippen LogP contribution is -2.11. The normalized spacial score (nSPS) is 12.9. The van der Waals surface area contributed by atoms with Gasteiger partial charge in [0.15, 0.2) is 0 Å². The van der Waals surface area contributed by atoms with Gasteiger partial charge >= 0.3 is 30.9 Å². The fourth-order valence-electron chi connectivity index (χ4n) is 9.19. The SMILES string of the molecule is N#Cc1c(-n2c3ccccc3c3cc(-c4cc(C(F)(F)F)cc(C(F)(F)F)c4)ccc32)cc(-c2cccc(C(F)(F)F)c2)cc1-n1c2ccccc2c2cc(-c3cc(C(F)(F)F)cc(C(F)(F)F)c3)ccc21. The highest BCUT2D eigenvalue weighted by Gasteiger charge is 2.39. The van der Waals surface area contributed by atoms with Gasteiger partial charge in [-0.25, -0.2) is 0 Å². The molecule has 0 aliphatic rings. The van der Waals surface area contributed by atoms with Crippen LogP contribution in [0.25, 0.3) is 88.4 Å². The van der Waals surface area contributed by atoms with E-state index in [1.165, 1.54) is 60.7 Å². The molecule has 0 saturated heterocycles. The van der Waals surface area contributed by atoms with Gasteiger partial charge in [-0.15, -0.1) is 0 Å². The molecule has 0 bridgehead atoms. The Balaban J connectivity index is 1.26. The Morgan fingerprint density at radius 1 is 0.292 bits per heavy atom. The van der Waals surface area contributed by atoms with Gasteiger partial charge in [0.1, 0.15) is 11.6 Å². The van der Waals surface area contributed by atoms with Crippen molar-refractivity contribution >= 4 is 43.6 Å². The quantitative estimate of drug-likeness (QED) is 0.158. The molecule has 2 aromatic heterocycles. The Labute approximate surface area is 395 Å². The summed E-state index contributed by atoms with van der Waals surface area (Å²) in [5, 5.41) is 12.7. The van der Waals surface area contributed by atoms with Crippen LogP contribution in [0.2, 0.25) is 0 Å². The number of benzene rings is 8. The Bertz CT molecular complexity index is 3600. The second-order valence-corrected chi connectivity index (χ2v) is 16.8. The van der Waals surface area contributed by atoms with E-state index < -0.39 is 69.8 Å². The van der Waals surface area contributed by atoms with Crippen molar-refractivity contribution in [1.82, 2.24) is 9.13 Å². The molecule has 72 heavy (non-hydrogen) atoms. The fourth-order valence-corrected chi connectivity index (χ4v) is 9.19. The second-order valence-electron chi connectivity index (χ2n) is 16.8. The monoisotopic (exact) mass is 1000 g/mol. The number of rotatable bonds is 5. The molecule has 3 nitrogen and oxygen atoms in total. The van der Waals surface area contributed by atoms with Crippen LogP contribution in [-0.4, -0.2) is 9.13 Å². The average Bonchev–Trinajstić information content (AvgIpc) is 3.84. The van der Waals surface area contributed by atoms with Crippen LogP contribution in [-0.2, 0) is 30.9 Å². The molecule has 0 aliphatic carbocycles. The number of fused-ring (bicyclic) bond motifs is 6. The first kappa shape index (κ1) is 47.5. The van der Waals surface area contributed by atoms with Gasteiger partial charge in [-0.1, -0.05) is 60.7 Å². The third-order valence-corrected chi connectivity index (χ3v) is 12.4. The molecule has 10 aromatic rings. The molecule has 8 aromatic carbocycles. The van der Waals surface area contributed by atoms with Gasteiger partial charge in [0.2, 0.25) is 0 Å². The van der Waals surface area contributed by atoms with E-state index in [4.69, 9.17) is 0 Å². The summed E-state index contributed by atoms with van der Waals surface area (Å²) in [6.45, 7) is 0. The van der Waals surface area contributed by atoms with E-state index in [0.29, 0.717) is 56.8 Å². The minimum atomic E-state index is -5.14. The number of hydrogen-bond donors (Lipinski definition) is 0. The molecule has 0 amide bonds. The van der Waals surface area contributed by atoms with E-state index >= 15 is 0 Å². The van der Waals surface area contributed by atoms with E-state index in [1.54, 1.807) is 57.7 Å². The van der Waals surface area contributed by atoms with E-state index in [-0.39, 0.29) is 62.4 Å². The van der Waals surface area contributed by atoms with Crippen molar-refractivity contribution in [3.8, 4) is 50.8 Å².